The third kappa shape index (κ3) is 3.22. The maximum atomic E-state index is 11.0. The van der Waals surface area contributed by atoms with E-state index in [1.54, 1.807) is 25.1 Å². The van der Waals surface area contributed by atoms with Crippen molar-refractivity contribution in [3.63, 3.8) is 0 Å². The maximum Gasteiger partial charge on any atom is 0.321 e. The van der Waals surface area contributed by atoms with E-state index in [1.807, 2.05) is 18.2 Å². The van der Waals surface area contributed by atoms with Crippen LogP contribution in [0.2, 0.25) is 5.02 Å². The van der Waals surface area contributed by atoms with Crippen LogP contribution >= 0.6 is 11.6 Å². The minimum absolute atomic E-state index is 0.419. The molecule has 0 aliphatic carbocycles. The molecule has 0 aromatic heterocycles. The van der Waals surface area contributed by atoms with Crippen LogP contribution in [0.15, 0.2) is 24.3 Å². The molecule has 3 nitrogen and oxygen atoms in total. The van der Waals surface area contributed by atoms with Gasteiger partial charge in [-0.05, 0) is 25.7 Å². The molecule has 1 N–H and O–H groups in total. The lowest BCUT2D eigenvalue weighted by Crippen LogP contribution is -2.37. The Bertz CT molecular complexity index is 352. The molecule has 0 aliphatic heterocycles. The molecule has 0 bridgehead atoms. The summed E-state index contributed by atoms with van der Waals surface area (Å²) in [6, 6.07) is 6.77. The van der Waals surface area contributed by atoms with E-state index in [2.05, 4.69) is 0 Å². The second kappa shape index (κ2) is 5.14. The van der Waals surface area contributed by atoms with Gasteiger partial charge in [0.2, 0.25) is 0 Å². The Morgan fingerprint density at radius 3 is 2.53 bits per heavy atom. The molecule has 0 radical (unpaired) electrons. The Hall–Kier alpha value is -1.06. The summed E-state index contributed by atoms with van der Waals surface area (Å²) in [5, 5.41) is 9.63. The molecular formula is C11H14ClNO2. The number of carbonyl (C=O) groups is 1. The summed E-state index contributed by atoms with van der Waals surface area (Å²) in [6.07, 6.45) is 0.419. The summed E-state index contributed by atoms with van der Waals surface area (Å²) in [6.45, 7) is 0. The molecule has 0 saturated heterocycles. The van der Waals surface area contributed by atoms with Gasteiger partial charge in [0, 0.05) is 11.4 Å². The number of rotatable bonds is 4. The van der Waals surface area contributed by atoms with E-state index in [1.165, 1.54) is 0 Å². The molecule has 1 aromatic carbocycles. The normalized spacial score (nSPS) is 12.8. The van der Waals surface area contributed by atoms with Crippen LogP contribution in [0.3, 0.4) is 0 Å². The lowest BCUT2D eigenvalue weighted by molar-refractivity contribution is -0.142. The van der Waals surface area contributed by atoms with Crippen LogP contribution in [-0.2, 0) is 11.2 Å². The first-order chi connectivity index (χ1) is 7.02. The standard InChI is InChI=1S/C11H14ClNO2/c1-13(2)10(11(14)15)7-8-5-3-4-6-9(8)12/h3-6,10H,7H2,1-2H3,(H,14,15)/t10-/m1/s1. The van der Waals surface area contributed by atoms with Crippen LogP contribution < -0.4 is 0 Å². The highest BCUT2D eigenvalue weighted by Gasteiger charge is 2.20. The van der Waals surface area contributed by atoms with Gasteiger partial charge in [0.25, 0.3) is 0 Å². The van der Waals surface area contributed by atoms with Gasteiger partial charge in [0.1, 0.15) is 6.04 Å². The van der Waals surface area contributed by atoms with Crippen LogP contribution in [0.25, 0.3) is 0 Å². The Labute approximate surface area is 94.3 Å². The molecule has 1 atom stereocenters. The zero-order chi connectivity index (χ0) is 11.4. The lowest BCUT2D eigenvalue weighted by Gasteiger charge is -2.20. The Morgan fingerprint density at radius 2 is 2.07 bits per heavy atom. The van der Waals surface area contributed by atoms with Gasteiger partial charge >= 0.3 is 5.97 Å². The van der Waals surface area contributed by atoms with Gasteiger partial charge in [-0.2, -0.15) is 0 Å². The SMILES string of the molecule is CN(C)[C@H](Cc1ccccc1Cl)C(=O)O. The van der Waals surface area contributed by atoms with Gasteiger partial charge in [-0.1, -0.05) is 29.8 Å². The van der Waals surface area contributed by atoms with E-state index >= 15 is 0 Å². The fourth-order valence-corrected chi connectivity index (χ4v) is 1.58. The Morgan fingerprint density at radius 1 is 1.47 bits per heavy atom. The number of carboxylic acids is 1. The molecule has 0 unspecified atom stereocenters. The largest absolute Gasteiger partial charge is 0.480 e. The molecule has 15 heavy (non-hydrogen) atoms. The number of benzene rings is 1. The molecule has 82 valence electrons. The molecule has 0 amide bonds. The van der Waals surface area contributed by atoms with E-state index in [9.17, 15) is 4.79 Å². The summed E-state index contributed by atoms with van der Waals surface area (Å²) in [5.74, 6) is -0.833. The summed E-state index contributed by atoms with van der Waals surface area (Å²) in [7, 11) is 3.49. The lowest BCUT2D eigenvalue weighted by atomic mass is 10.1. The molecule has 0 heterocycles. The Balaban J connectivity index is 2.84. The molecule has 0 fully saturated rings. The van der Waals surface area contributed by atoms with Gasteiger partial charge in [0.05, 0.1) is 0 Å². The van der Waals surface area contributed by atoms with Crippen LogP contribution in [-0.4, -0.2) is 36.1 Å². The van der Waals surface area contributed by atoms with Gasteiger partial charge in [0.15, 0.2) is 0 Å². The van der Waals surface area contributed by atoms with Crippen LogP contribution in [0.5, 0.6) is 0 Å². The number of likely N-dealkylation sites (N-methyl/N-ethyl adjacent to an activating group) is 1. The van der Waals surface area contributed by atoms with Crippen molar-refractivity contribution in [1.29, 1.82) is 0 Å². The second-order valence-corrected chi connectivity index (χ2v) is 4.02. The summed E-state index contributed by atoms with van der Waals surface area (Å²) < 4.78 is 0. The highest BCUT2D eigenvalue weighted by molar-refractivity contribution is 6.31. The van der Waals surface area contributed by atoms with Crippen molar-refractivity contribution in [3.8, 4) is 0 Å². The van der Waals surface area contributed by atoms with Crippen LogP contribution in [0.1, 0.15) is 5.56 Å². The van der Waals surface area contributed by atoms with Gasteiger partial charge in [-0.3, -0.25) is 9.69 Å². The molecule has 1 aromatic rings. The van der Waals surface area contributed by atoms with Gasteiger partial charge in [-0.25, -0.2) is 0 Å². The number of hydrogen-bond donors (Lipinski definition) is 1. The number of carboxylic acid groups (broad SMARTS) is 1. The first-order valence-electron chi connectivity index (χ1n) is 4.65. The number of hydrogen-bond acceptors (Lipinski definition) is 2. The molecule has 4 heteroatoms. The van der Waals surface area contributed by atoms with Crippen molar-refractivity contribution in [1.82, 2.24) is 4.90 Å². The quantitative estimate of drug-likeness (QED) is 0.854. The first kappa shape index (κ1) is 12.0. The van der Waals surface area contributed by atoms with Gasteiger partial charge < -0.3 is 5.11 Å². The van der Waals surface area contributed by atoms with Gasteiger partial charge in [-0.15, -0.1) is 0 Å². The van der Waals surface area contributed by atoms with E-state index in [0.717, 1.165) is 5.56 Å². The minimum atomic E-state index is -0.833. The molecular weight excluding hydrogens is 214 g/mol. The predicted molar refractivity (Wildman–Crippen MR) is 60.3 cm³/mol. The number of halogens is 1. The Kier molecular flexibility index (Phi) is 4.12. The van der Waals surface area contributed by atoms with Crippen molar-refractivity contribution < 1.29 is 9.90 Å². The summed E-state index contributed by atoms with van der Waals surface area (Å²) in [5.41, 5.74) is 0.861. The molecule has 0 saturated carbocycles. The first-order valence-corrected chi connectivity index (χ1v) is 5.03. The van der Waals surface area contributed by atoms with Crippen molar-refractivity contribution in [2.45, 2.75) is 12.5 Å². The number of nitrogens with zero attached hydrogens (tertiary/aromatic N) is 1. The van der Waals surface area contributed by atoms with Crippen molar-refractivity contribution in [3.05, 3.63) is 34.9 Å². The smallest absolute Gasteiger partial charge is 0.321 e. The zero-order valence-corrected chi connectivity index (χ0v) is 9.53. The van der Waals surface area contributed by atoms with E-state index in [4.69, 9.17) is 16.7 Å². The van der Waals surface area contributed by atoms with E-state index < -0.39 is 12.0 Å². The molecule has 0 aliphatic rings. The molecule has 1 rings (SSSR count). The summed E-state index contributed by atoms with van der Waals surface area (Å²) in [4.78, 5) is 12.6. The van der Waals surface area contributed by atoms with Crippen molar-refractivity contribution >= 4 is 17.6 Å². The zero-order valence-electron chi connectivity index (χ0n) is 8.77. The minimum Gasteiger partial charge on any atom is -0.480 e. The average molecular weight is 228 g/mol. The topological polar surface area (TPSA) is 40.5 Å². The fraction of sp³-hybridized carbons (Fsp3) is 0.364. The third-order valence-corrected chi connectivity index (χ3v) is 2.65. The average Bonchev–Trinajstić information content (AvgIpc) is 2.15. The predicted octanol–water partition coefficient (Wildman–Crippen LogP) is 1.90. The maximum absolute atomic E-state index is 11.0. The highest BCUT2D eigenvalue weighted by Crippen LogP contribution is 2.17. The highest BCUT2D eigenvalue weighted by atomic mass is 35.5. The fourth-order valence-electron chi connectivity index (χ4n) is 1.36. The van der Waals surface area contributed by atoms with Crippen LogP contribution in [0.4, 0.5) is 0 Å². The van der Waals surface area contributed by atoms with E-state index in [-0.39, 0.29) is 0 Å². The van der Waals surface area contributed by atoms with E-state index in [0.29, 0.717) is 11.4 Å². The summed E-state index contributed by atoms with van der Waals surface area (Å²) >= 11 is 5.97. The van der Waals surface area contributed by atoms with Crippen molar-refractivity contribution in [2.24, 2.45) is 0 Å². The van der Waals surface area contributed by atoms with Crippen molar-refractivity contribution in [2.75, 3.05) is 14.1 Å². The molecule has 0 spiro atoms. The third-order valence-electron chi connectivity index (χ3n) is 2.28. The number of aliphatic carboxylic acids is 1. The monoisotopic (exact) mass is 227 g/mol. The van der Waals surface area contributed by atoms with Crippen LogP contribution in [0, 0.1) is 0 Å². The second-order valence-electron chi connectivity index (χ2n) is 3.61.